The van der Waals surface area contributed by atoms with E-state index in [0.29, 0.717) is 11.5 Å². The van der Waals surface area contributed by atoms with Crippen molar-refractivity contribution < 1.29 is 18.9 Å². The van der Waals surface area contributed by atoms with E-state index >= 15 is 0 Å². The van der Waals surface area contributed by atoms with Gasteiger partial charge in [0.1, 0.15) is 6.04 Å². The maximum Gasteiger partial charge on any atom is 0.325 e. The molecule has 0 aliphatic carbocycles. The summed E-state index contributed by atoms with van der Waals surface area (Å²) in [4.78, 5) is 21.4. The molecule has 2 amide bonds. The molecular weight excluding hydrogens is 220 g/mol. The summed E-state index contributed by atoms with van der Waals surface area (Å²) in [6.07, 6.45) is 0. The van der Waals surface area contributed by atoms with E-state index in [4.69, 9.17) is 5.11 Å². The van der Waals surface area contributed by atoms with Crippen LogP contribution in [0.15, 0.2) is 0 Å². The second-order valence-corrected chi connectivity index (χ2v) is 4.76. The highest BCUT2D eigenvalue weighted by Gasteiger charge is 2.12. The van der Waals surface area contributed by atoms with Crippen LogP contribution in [0.1, 0.15) is 13.8 Å². The average molecular weight is 236 g/mol. The number of urea groups is 1. The maximum absolute atomic E-state index is 11.0. The molecule has 0 aliphatic heterocycles. The van der Waals surface area contributed by atoms with E-state index in [2.05, 4.69) is 10.6 Å². The summed E-state index contributed by atoms with van der Waals surface area (Å²) in [6.45, 7) is 3.44. The summed E-state index contributed by atoms with van der Waals surface area (Å²) in [5.41, 5.74) is 0. The molecule has 88 valence electrons. The van der Waals surface area contributed by atoms with Crippen molar-refractivity contribution in [3.63, 3.8) is 0 Å². The summed E-state index contributed by atoms with van der Waals surface area (Å²) in [7, 11) is -0.924. The molecule has 0 heterocycles. The lowest BCUT2D eigenvalue weighted by Crippen LogP contribution is -2.45. The van der Waals surface area contributed by atoms with E-state index in [1.807, 2.05) is 0 Å². The molecule has 0 radical (unpaired) electrons. The molecule has 0 aliphatic rings. The third-order valence-corrected chi connectivity index (χ3v) is 2.96. The van der Waals surface area contributed by atoms with Crippen LogP contribution in [-0.4, -0.2) is 45.4 Å². The molecule has 0 rings (SSSR count). The SMILES string of the molecule is CCS(=O)CCNC(=O)NC(C)C(=O)O. The minimum absolute atomic E-state index is 0.276. The Hall–Kier alpha value is -1.11. The smallest absolute Gasteiger partial charge is 0.325 e. The van der Waals surface area contributed by atoms with Crippen molar-refractivity contribution in [3.05, 3.63) is 0 Å². The third-order valence-electron chi connectivity index (χ3n) is 1.66. The number of carbonyl (C=O) groups excluding carboxylic acids is 1. The predicted molar refractivity (Wildman–Crippen MR) is 57.2 cm³/mol. The van der Waals surface area contributed by atoms with Crippen molar-refractivity contribution in [1.82, 2.24) is 10.6 Å². The van der Waals surface area contributed by atoms with Crippen molar-refractivity contribution >= 4 is 22.8 Å². The minimum atomic E-state index is -1.10. The zero-order valence-electron chi connectivity index (χ0n) is 8.78. The fourth-order valence-corrected chi connectivity index (χ4v) is 1.35. The van der Waals surface area contributed by atoms with Crippen molar-refractivity contribution in [1.29, 1.82) is 0 Å². The van der Waals surface area contributed by atoms with Gasteiger partial charge in [0, 0.05) is 28.9 Å². The first-order valence-corrected chi connectivity index (χ1v) is 6.08. The Labute approximate surface area is 90.9 Å². The lowest BCUT2D eigenvalue weighted by atomic mass is 10.3. The third kappa shape index (κ3) is 6.89. The summed E-state index contributed by atoms with van der Waals surface area (Å²) in [6, 6.07) is -1.49. The van der Waals surface area contributed by atoms with E-state index in [0.717, 1.165) is 0 Å². The standard InChI is InChI=1S/C8H16N2O4S/c1-3-15(14)5-4-9-8(13)10-6(2)7(11)12/h6H,3-5H2,1-2H3,(H,11,12)(H2,9,10,13). The zero-order valence-corrected chi connectivity index (χ0v) is 9.60. The quantitative estimate of drug-likeness (QED) is 0.581. The van der Waals surface area contributed by atoms with Crippen LogP contribution in [0.25, 0.3) is 0 Å². The molecular formula is C8H16N2O4S. The first-order valence-electron chi connectivity index (χ1n) is 4.59. The van der Waals surface area contributed by atoms with Crippen molar-refractivity contribution in [2.24, 2.45) is 0 Å². The van der Waals surface area contributed by atoms with Crippen LogP contribution in [0.4, 0.5) is 4.79 Å². The first kappa shape index (κ1) is 13.9. The van der Waals surface area contributed by atoms with Gasteiger partial charge < -0.3 is 15.7 Å². The fraction of sp³-hybridized carbons (Fsp3) is 0.750. The lowest BCUT2D eigenvalue weighted by Gasteiger charge is -2.10. The second kappa shape index (κ2) is 7.22. The molecule has 0 aromatic rings. The highest BCUT2D eigenvalue weighted by molar-refractivity contribution is 7.84. The van der Waals surface area contributed by atoms with Crippen LogP contribution in [0.2, 0.25) is 0 Å². The van der Waals surface area contributed by atoms with Gasteiger partial charge in [0.25, 0.3) is 0 Å². The number of aliphatic carboxylic acids is 1. The van der Waals surface area contributed by atoms with Crippen molar-refractivity contribution in [3.8, 4) is 0 Å². The minimum Gasteiger partial charge on any atom is -0.480 e. The average Bonchev–Trinajstić information content (AvgIpc) is 2.17. The van der Waals surface area contributed by atoms with Crippen LogP contribution in [-0.2, 0) is 15.6 Å². The Morgan fingerprint density at radius 1 is 1.47 bits per heavy atom. The molecule has 0 saturated heterocycles. The second-order valence-electron chi connectivity index (χ2n) is 2.89. The lowest BCUT2D eigenvalue weighted by molar-refractivity contribution is -0.138. The maximum atomic E-state index is 11.0. The normalized spacial score (nSPS) is 14.0. The van der Waals surface area contributed by atoms with Gasteiger partial charge in [-0.3, -0.25) is 9.00 Å². The highest BCUT2D eigenvalue weighted by Crippen LogP contribution is 1.82. The van der Waals surface area contributed by atoms with Gasteiger partial charge in [-0.1, -0.05) is 6.92 Å². The van der Waals surface area contributed by atoms with Crippen LogP contribution in [0.3, 0.4) is 0 Å². The van der Waals surface area contributed by atoms with E-state index < -0.39 is 28.8 Å². The number of carbonyl (C=O) groups is 2. The predicted octanol–water partition coefficient (Wildman–Crippen LogP) is -0.473. The van der Waals surface area contributed by atoms with Crippen LogP contribution < -0.4 is 10.6 Å². The highest BCUT2D eigenvalue weighted by atomic mass is 32.2. The van der Waals surface area contributed by atoms with Gasteiger partial charge >= 0.3 is 12.0 Å². The Morgan fingerprint density at radius 2 is 2.07 bits per heavy atom. The summed E-state index contributed by atoms with van der Waals surface area (Å²) in [5, 5.41) is 13.1. The topological polar surface area (TPSA) is 95.5 Å². The van der Waals surface area contributed by atoms with Gasteiger partial charge in [0.2, 0.25) is 0 Å². The molecule has 0 fully saturated rings. The van der Waals surface area contributed by atoms with Gasteiger partial charge in [-0.05, 0) is 6.92 Å². The molecule has 7 heteroatoms. The van der Waals surface area contributed by atoms with Gasteiger partial charge in [0.05, 0.1) is 0 Å². The van der Waals surface area contributed by atoms with Crippen LogP contribution >= 0.6 is 0 Å². The first-order chi connectivity index (χ1) is 6.97. The molecule has 15 heavy (non-hydrogen) atoms. The van der Waals surface area contributed by atoms with Crippen molar-refractivity contribution in [2.45, 2.75) is 19.9 Å². The molecule has 0 aromatic carbocycles. The number of hydrogen-bond acceptors (Lipinski definition) is 3. The summed E-state index contributed by atoms with van der Waals surface area (Å²) >= 11 is 0. The van der Waals surface area contributed by atoms with Crippen LogP contribution in [0, 0.1) is 0 Å². The molecule has 2 unspecified atom stereocenters. The van der Waals surface area contributed by atoms with Gasteiger partial charge in [-0.25, -0.2) is 4.79 Å². The Kier molecular flexibility index (Phi) is 6.68. The monoisotopic (exact) mass is 236 g/mol. The molecule has 6 nitrogen and oxygen atoms in total. The number of hydrogen-bond donors (Lipinski definition) is 3. The van der Waals surface area contributed by atoms with E-state index in [1.165, 1.54) is 6.92 Å². The number of rotatable bonds is 6. The van der Waals surface area contributed by atoms with Gasteiger partial charge in [-0.15, -0.1) is 0 Å². The number of carboxylic acids is 1. The summed E-state index contributed by atoms with van der Waals surface area (Å²) in [5.74, 6) is -0.164. The Morgan fingerprint density at radius 3 is 2.53 bits per heavy atom. The molecule has 0 bridgehead atoms. The number of carboxylic acid groups (broad SMARTS) is 1. The molecule has 0 aromatic heterocycles. The molecule has 0 spiro atoms. The number of amides is 2. The van der Waals surface area contributed by atoms with Crippen molar-refractivity contribution in [2.75, 3.05) is 18.1 Å². The van der Waals surface area contributed by atoms with Gasteiger partial charge in [-0.2, -0.15) is 0 Å². The van der Waals surface area contributed by atoms with E-state index in [1.54, 1.807) is 6.92 Å². The largest absolute Gasteiger partial charge is 0.480 e. The Balaban J connectivity index is 3.67. The Bertz CT molecular complexity index is 257. The molecule has 2 atom stereocenters. The van der Waals surface area contributed by atoms with Crippen LogP contribution in [0.5, 0.6) is 0 Å². The number of nitrogens with one attached hydrogen (secondary N) is 2. The fourth-order valence-electron chi connectivity index (χ4n) is 0.732. The molecule has 0 saturated carbocycles. The van der Waals surface area contributed by atoms with E-state index in [-0.39, 0.29) is 6.54 Å². The van der Waals surface area contributed by atoms with Gasteiger partial charge in [0.15, 0.2) is 0 Å². The van der Waals surface area contributed by atoms with E-state index in [9.17, 15) is 13.8 Å². The summed E-state index contributed by atoms with van der Waals surface area (Å²) < 4.78 is 11.0. The zero-order chi connectivity index (χ0) is 11.8. The molecule has 3 N–H and O–H groups in total.